The van der Waals surface area contributed by atoms with Crippen LogP contribution in [0.5, 0.6) is 5.75 Å². The Balaban J connectivity index is 1.63. The summed E-state index contributed by atoms with van der Waals surface area (Å²) in [6, 6.07) is 5.76. The summed E-state index contributed by atoms with van der Waals surface area (Å²) in [4.78, 5) is 0. The average Bonchev–Trinajstić information content (AvgIpc) is 3.40. The summed E-state index contributed by atoms with van der Waals surface area (Å²) in [6.07, 6.45) is -4.18. The van der Waals surface area contributed by atoms with Crippen molar-refractivity contribution in [2.75, 3.05) is 13.1 Å². The van der Waals surface area contributed by atoms with E-state index in [2.05, 4.69) is 15.2 Å². The highest BCUT2D eigenvalue weighted by molar-refractivity contribution is 5.70. The van der Waals surface area contributed by atoms with Crippen molar-refractivity contribution in [2.45, 2.75) is 50.4 Å². The lowest BCUT2D eigenvalue weighted by atomic mass is 10.0. The zero-order chi connectivity index (χ0) is 19.7. The lowest BCUT2D eigenvalue weighted by molar-refractivity contribution is -0.274. The zero-order valence-electron chi connectivity index (χ0n) is 15.0. The van der Waals surface area contributed by atoms with E-state index in [0.29, 0.717) is 24.3 Å². The van der Waals surface area contributed by atoms with Crippen LogP contribution < -0.4 is 10.1 Å². The number of rotatable bonds is 6. The van der Waals surface area contributed by atoms with Crippen LogP contribution in [-0.4, -0.2) is 36.9 Å². The summed E-state index contributed by atoms with van der Waals surface area (Å²) < 4.78 is 67.8. The summed E-state index contributed by atoms with van der Waals surface area (Å²) in [6.45, 7) is 0.897. The van der Waals surface area contributed by atoms with Gasteiger partial charge in [0, 0.05) is 23.6 Å². The van der Waals surface area contributed by atoms with Gasteiger partial charge in [-0.15, -0.1) is 13.2 Å². The van der Waals surface area contributed by atoms with E-state index in [0.717, 1.165) is 12.8 Å². The van der Waals surface area contributed by atoms with Gasteiger partial charge in [0.25, 0.3) is 0 Å². The molecule has 0 spiro atoms. The predicted molar refractivity (Wildman–Crippen MR) is 91.6 cm³/mol. The van der Waals surface area contributed by atoms with Crippen molar-refractivity contribution in [3.63, 3.8) is 0 Å². The highest BCUT2D eigenvalue weighted by Crippen LogP contribution is 2.45. The Morgan fingerprint density at radius 1 is 1.18 bits per heavy atom. The Morgan fingerprint density at radius 3 is 2.68 bits per heavy atom. The van der Waals surface area contributed by atoms with Gasteiger partial charge in [-0.25, -0.2) is 4.39 Å². The number of nitrogens with one attached hydrogen (secondary N) is 1. The minimum Gasteiger partial charge on any atom is -0.405 e. The van der Waals surface area contributed by atoms with Gasteiger partial charge in [0.2, 0.25) is 0 Å². The van der Waals surface area contributed by atoms with E-state index in [-0.39, 0.29) is 36.1 Å². The first kappa shape index (κ1) is 19.2. The molecule has 1 aliphatic heterocycles. The number of halogens is 4. The van der Waals surface area contributed by atoms with Gasteiger partial charge < -0.3 is 19.3 Å². The maximum Gasteiger partial charge on any atom is 0.573 e. The van der Waals surface area contributed by atoms with Gasteiger partial charge in [0.1, 0.15) is 23.4 Å². The Kier molecular flexibility index (Phi) is 5.29. The molecule has 0 amide bonds. The van der Waals surface area contributed by atoms with Gasteiger partial charge in [-0.1, -0.05) is 17.3 Å². The second-order valence-electron chi connectivity index (χ2n) is 7.05. The summed E-state index contributed by atoms with van der Waals surface area (Å²) in [5, 5.41) is 6.97. The number of alkyl halides is 4. The van der Waals surface area contributed by atoms with Crippen LogP contribution in [0.15, 0.2) is 28.8 Å². The zero-order valence-corrected chi connectivity index (χ0v) is 15.0. The quantitative estimate of drug-likeness (QED) is 0.732. The van der Waals surface area contributed by atoms with Crippen molar-refractivity contribution in [3.05, 3.63) is 35.6 Å². The van der Waals surface area contributed by atoms with Gasteiger partial charge in [-0.05, 0) is 37.9 Å². The average molecular weight is 400 g/mol. The first-order valence-corrected chi connectivity index (χ1v) is 9.22. The summed E-state index contributed by atoms with van der Waals surface area (Å²) in [7, 11) is 0. The van der Waals surface area contributed by atoms with Gasteiger partial charge in [-0.3, -0.25) is 0 Å². The largest absolute Gasteiger partial charge is 0.573 e. The first-order valence-electron chi connectivity index (χ1n) is 9.22. The second kappa shape index (κ2) is 7.71. The Morgan fingerprint density at radius 2 is 1.96 bits per heavy atom. The number of para-hydroxylation sites is 1. The molecule has 0 unspecified atom stereocenters. The molecule has 4 rings (SSSR count). The third-order valence-corrected chi connectivity index (χ3v) is 4.92. The normalized spacial score (nSPS) is 23.0. The second-order valence-corrected chi connectivity index (χ2v) is 7.05. The Hall–Kier alpha value is -2.13. The summed E-state index contributed by atoms with van der Waals surface area (Å²) in [5.74, 6) is 0.406. The molecule has 2 heterocycles. The third kappa shape index (κ3) is 4.30. The molecule has 2 fully saturated rings. The van der Waals surface area contributed by atoms with Crippen LogP contribution in [0.2, 0.25) is 0 Å². The van der Waals surface area contributed by atoms with Crippen LogP contribution in [0.3, 0.4) is 0 Å². The fourth-order valence-corrected chi connectivity index (χ4v) is 3.39. The number of ether oxygens (including phenoxy) is 2. The molecule has 0 radical (unpaired) electrons. The van der Waals surface area contributed by atoms with Crippen LogP contribution in [0.25, 0.3) is 11.3 Å². The lowest BCUT2D eigenvalue weighted by Crippen LogP contribution is -2.42. The number of aromatic nitrogens is 1. The monoisotopic (exact) mass is 400 g/mol. The van der Waals surface area contributed by atoms with E-state index in [1.165, 1.54) is 18.2 Å². The molecule has 1 saturated carbocycles. The van der Waals surface area contributed by atoms with Crippen molar-refractivity contribution in [1.29, 1.82) is 0 Å². The molecule has 28 heavy (non-hydrogen) atoms. The molecule has 2 atom stereocenters. The third-order valence-electron chi connectivity index (χ3n) is 4.92. The molecule has 2 aromatic rings. The number of nitrogens with zero attached hydrogens (tertiary/aromatic N) is 1. The van der Waals surface area contributed by atoms with E-state index < -0.39 is 18.6 Å². The number of piperidine rings is 1. The maximum absolute atomic E-state index is 14.1. The molecule has 1 aromatic carbocycles. The predicted octanol–water partition coefficient (Wildman–Crippen LogP) is 4.33. The molecular formula is C19H20F4N2O3. The highest BCUT2D eigenvalue weighted by Gasteiger charge is 2.36. The molecular weight excluding hydrogens is 380 g/mol. The van der Waals surface area contributed by atoms with Crippen molar-refractivity contribution in [3.8, 4) is 17.0 Å². The molecule has 5 nitrogen and oxygen atoms in total. The number of hydrogen-bond acceptors (Lipinski definition) is 5. The van der Waals surface area contributed by atoms with Gasteiger partial charge in [0.15, 0.2) is 0 Å². The topological polar surface area (TPSA) is 56.5 Å². The van der Waals surface area contributed by atoms with Crippen LogP contribution in [0.1, 0.15) is 36.5 Å². The van der Waals surface area contributed by atoms with Crippen LogP contribution in [-0.2, 0) is 11.3 Å². The van der Waals surface area contributed by atoms with E-state index in [4.69, 9.17) is 9.26 Å². The molecule has 1 N–H and O–H groups in total. The molecule has 1 aromatic heterocycles. The van der Waals surface area contributed by atoms with Gasteiger partial charge >= 0.3 is 6.36 Å². The van der Waals surface area contributed by atoms with Crippen molar-refractivity contribution in [1.82, 2.24) is 10.5 Å². The smallest absolute Gasteiger partial charge is 0.405 e. The van der Waals surface area contributed by atoms with E-state index in [9.17, 15) is 17.6 Å². The first-order chi connectivity index (χ1) is 13.4. The van der Waals surface area contributed by atoms with Crippen LogP contribution >= 0.6 is 0 Å². The fourth-order valence-electron chi connectivity index (χ4n) is 3.39. The van der Waals surface area contributed by atoms with Crippen molar-refractivity contribution >= 4 is 0 Å². The Bertz CT molecular complexity index is 820. The Labute approximate surface area is 159 Å². The van der Waals surface area contributed by atoms with Crippen molar-refractivity contribution < 1.29 is 31.6 Å². The maximum atomic E-state index is 14.1. The molecule has 9 heteroatoms. The standard InChI is InChI=1S/C19H20F4N2O3/c20-14-9-24-8-7-16(14)26-10-13-17(25-28-18(13)11-5-6-11)12-3-1-2-4-15(12)27-19(21,22)23/h1-4,11,14,16,24H,5-10H2/t14-,16-/m0/s1. The fraction of sp³-hybridized carbons (Fsp3) is 0.526. The molecule has 2 aliphatic rings. The van der Waals surface area contributed by atoms with E-state index >= 15 is 0 Å². The molecule has 152 valence electrons. The van der Waals surface area contributed by atoms with E-state index in [1.807, 2.05) is 0 Å². The van der Waals surface area contributed by atoms with Crippen LogP contribution in [0.4, 0.5) is 17.6 Å². The van der Waals surface area contributed by atoms with Crippen molar-refractivity contribution in [2.24, 2.45) is 0 Å². The number of benzene rings is 1. The lowest BCUT2D eigenvalue weighted by Gasteiger charge is -2.26. The minimum absolute atomic E-state index is 0.0239. The highest BCUT2D eigenvalue weighted by atomic mass is 19.4. The van der Waals surface area contributed by atoms with E-state index in [1.54, 1.807) is 6.07 Å². The molecule has 1 saturated heterocycles. The molecule has 1 aliphatic carbocycles. The summed E-state index contributed by atoms with van der Waals surface area (Å²) in [5.41, 5.74) is 0.966. The number of hydrogen-bond donors (Lipinski definition) is 1. The van der Waals surface area contributed by atoms with Gasteiger partial charge in [0.05, 0.1) is 12.7 Å². The molecule has 0 bridgehead atoms. The summed E-state index contributed by atoms with van der Waals surface area (Å²) >= 11 is 0. The minimum atomic E-state index is -4.83. The van der Waals surface area contributed by atoms with Gasteiger partial charge in [-0.2, -0.15) is 0 Å². The van der Waals surface area contributed by atoms with Crippen LogP contribution in [0, 0.1) is 0 Å². The SMILES string of the molecule is F[C@H]1CNCC[C@@H]1OCc1c(-c2ccccc2OC(F)(F)F)noc1C1CC1.